The van der Waals surface area contributed by atoms with Crippen molar-refractivity contribution >= 4 is 0 Å². The van der Waals surface area contributed by atoms with Crippen LogP contribution >= 0.6 is 0 Å². The van der Waals surface area contributed by atoms with E-state index in [1.54, 1.807) is 0 Å². The number of nitrogens with zero attached hydrogens (tertiary/aromatic N) is 1. The van der Waals surface area contributed by atoms with Crippen LogP contribution in [0.25, 0.3) is 0 Å². The van der Waals surface area contributed by atoms with Gasteiger partial charge in [-0.3, -0.25) is 10.1 Å². The fourth-order valence-corrected chi connectivity index (χ4v) is 1.59. The summed E-state index contributed by atoms with van der Waals surface area (Å²) in [4.78, 5) is 9.75. The fourth-order valence-electron chi connectivity index (χ4n) is 1.59. The van der Waals surface area contributed by atoms with Crippen molar-refractivity contribution in [2.45, 2.75) is 20.0 Å². The lowest BCUT2D eigenvalue weighted by Gasteiger charge is -2.12. The van der Waals surface area contributed by atoms with Gasteiger partial charge in [-0.2, -0.15) is 0 Å². The number of aryl methyl sites for hydroxylation is 2. The van der Waals surface area contributed by atoms with Crippen molar-refractivity contribution in [3.05, 3.63) is 45.0 Å². The van der Waals surface area contributed by atoms with Crippen LogP contribution in [0, 0.1) is 24.0 Å². The molecule has 0 saturated heterocycles. The van der Waals surface area contributed by atoms with Gasteiger partial charge in [0.25, 0.3) is 0 Å². The SMILES string of the molecule is Cc1cccc(C)c1C(O)C[N+](=O)[O-]. The van der Waals surface area contributed by atoms with Gasteiger partial charge < -0.3 is 5.11 Å². The van der Waals surface area contributed by atoms with Gasteiger partial charge in [0.1, 0.15) is 6.10 Å². The molecular formula is C10H13NO3. The Morgan fingerprint density at radius 1 is 1.43 bits per heavy atom. The van der Waals surface area contributed by atoms with Crippen LogP contribution in [0.15, 0.2) is 18.2 Å². The van der Waals surface area contributed by atoms with E-state index >= 15 is 0 Å². The first-order chi connectivity index (χ1) is 6.52. The minimum absolute atomic E-state index is 0.439. The van der Waals surface area contributed by atoms with Crippen molar-refractivity contribution in [2.75, 3.05) is 6.54 Å². The van der Waals surface area contributed by atoms with Crippen LogP contribution in [-0.2, 0) is 0 Å². The number of benzene rings is 1. The molecule has 0 saturated carbocycles. The van der Waals surface area contributed by atoms with Crippen molar-refractivity contribution in [3.8, 4) is 0 Å². The zero-order valence-corrected chi connectivity index (χ0v) is 8.23. The Morgan fingerprint density at radius 3 is 2.36 bits per heavy atom. The Morgan fingerprint density at radius 2 is 1.93 bits per heavy atom. The van der Waals surface area contributed by atoms with Crippen molar-refractivity contribution in [2.24, 2.45) is 0 Å². The molecule has 1 aromatic rings. The number of nitro groups is 1. The molecule has 0 aliphatic carbocycles. The van der Waals surface area contributed by atoms with Crippen LogP contribution in [0.5, 0.6) is 0 Å². The molecule has 0 bridgehead atoms. The molecule has 0 radical (unpaired) electrons. The Hall–Kier alpha value is -1.42. The zero-order chi connectivity index (χ0) is 10.7. The van der Waals surface area contributed by atoms with Gasteiger partial charge in [-0.05, 0) is 30.5 Å². The van der Waals surface area contributed by atoms with Gasteiger partial charge in [0.05, 0.1) is 0 Å². The van der Waals surface area contributed by atoms with Crippen molar-refractivity contribution in [1.29, 1.82) is 0 Å². The summed E-state index contributed by atoms with van der Waals surface area (Å²) < 4.78 is 0. The first-order valence-electron chi connectivity index (χ1n) is 4.38. The van der Waals surface area contributed by atoms with E-state index in [9.17, 15) is 15.2 Å². The van der Waals surface area contributed by atoms with E-state index in [2.05, 4.69) is 0 Å². The van der Waals surface area contributed by atoms with E-state index in [1.165, 1.54) is 0 Å². The summed E-state index contributed by atoms with van der Waals surface area (Å²) >= 11 is 0. The highest BCUT2D eigenvalue weighted by Crippen LogP contribution is 2.21. The Labute approximate surface area is 82.3 Å². The lowest BCUT2D eigenvalue weighted by Crippen LogP contribution is -2.14. The highest BCUT2D eigenvalue weighted by Gasteiger charge is 2.17. The summed E-state index contributed by atoms with van der Waals surface area (Å²) in [5.41, 5.74) is 2.45. The summed E-state index contributed by atoms with van der Waals surface area (Å²) in [5.74, 6) is 0. The van der Waals surface area contributed by atoms with E-state index in [0.29, 0.717) is 5.56 Å². The van der Waals surface area contributed by atoms with Crippen molar-refractivity contribution in [3.63, 3.8) is 0 Å². The maximum atomic E-state index is 10.3. The van der Waals surface area contributed by atoms with Gasteiger partial charge in [-0.25, -0.2) is 0 Å². The van der Waals surface area contributed by atoms with Crippen LogP contribution < -0.4 is 0 Å². The smallest absolute Gasteiger partial charge is 0.233 e. The molecule has 1 atom stereocenters. The molecule has 76 valence electrons. The number of hydrogen-bond acceptors (Lipinski definition) is 3. The average molecular weight is 195 g/mol. The summed E-state index contributed by atoms with van der Waals surface area (Å²) in [6.45, 7) is 3.24. The van der Waals surface area contributed by atoms with E-state index in [4.69, 9.17) is 0 Å². The molecule has 4 nitrogen and oxygen atoms in total. The number of aliphatic hydroxyl groups is 1. The van der Waals surface area contributed by atoms with Crippen LogP contribution in [0.3, 0.4) is 0 Å². The summed E-state index contributed by atoms with van der Waals surface area (Å²) in [5, 5.41) is 19.9. The molecule has 0 aromatic heterocycles. The topological polar surface area (TPSA) is 63.4 Å². The molecule has 0 amide bonds. The van der Waals surface area contributed by atoms with Gasteiger partial charge in [0.2, 0.25) is 6.54 Å². The second-order valence-electron chi connectivity index (χ2n) is 3.34. The van der Waals surface area contributed by atoms with Crippen molar-refractivity contribution in [1.82, 2.24) is 0 Å². The third kappa shape index (κ3) is 2.29. The maximum absolute atomic E-state index is 10.3. The van der Waals surface area contributed by atoms with Crippen LogP contribution in [0.1, 0.15) is 22.8 Å². The quantitative estimate of drug-likeness (QED) is 0.588. The molecule has 14 heavy (non-hydrogen) atoms. The molecule has 1 rings (SSSR count). The lowest BCUT2D eigenvalue weighted by atomic mass is 9.98. The normalized spacial score (nSPS) is 12.5. The highest BCUT2D eigenvalue weighted by atomic mass is 16.6. The maximum Gasteiger partial charge on any atom is 0.233 e. The van der Waals surface area contributed by atoms with E-state index in [-0.39, 0.29) is 0 Å². The highest BCUT2D eigenvalue weighted by molar-refractivity contribution is 5.35. The average Bonchev–Trinajstić information content (AvgIpc) is 2.01. The second-order valence-corrected chi connectivity index (χ2v) is 3.34. The number of hydrogen-bond donors (Lipinski definition) is 1. The Kier molecular flexibility index (Phi) is 3.19. The van der Waals surface area contributed by atoms with Gasteiger partial charge in [0, 0.05) is 4.92 Å². The molecule has 1 unspecified atom stereocenters. The molecule has 0 aliphatic heterocycles. The predicted octanol–water partition coefficient (Wildman–Crippen LogP) is 1.61. The summed E-state index contributed by atoms with van der Waals surface area (Å²) in [7, 11) is 0. The van der Waals surface area contributed by atoms with Crippen LogP contribution in [0.4, 0.5) is 0 Å². The van der Waals surface area contributed by atoms with Crippen molar-refractivity contribution < 1.29 is 10.0 Å². The monoisotopic (exact) mass is 195 g/mol. The fraction of sp³-hybridized carbons (Fsp3) is 0.400. The third-order valence-corrected chi connectivity index (χ3v) is 2.20. The summed E-state index contributed by atoms with van der Waals surface area (Å²) in [6.07, 6.45) is -1.01. The molecular weight excluding hydrogens is 182 g/mol. The second kappa shape index (κ2) is 4.19. The van der Waals surface area contributed by atoms with E-state index in [1.807, 2.05) is 32.0 Å². The molecule has 1 N–H and O–H groups in total. The minimum Gasteiger partial charge on any atom is -0.381 e. The first kappa shape index (κ1) is 10.7. The van der Waals surface area contributed by atoms with Gasteiger partial charge in [-0.15, -0.1) is 0 Å². The number of rotatable bonds is 3. The van der Waals surface area contributed by atoms with Crippen LogP contribution in [0.2, 0.25) is 0 Å². The summed E-state index contributed by atoms with van der Waals surface area (Å²) in [6, 6.07) is 5.55. The van der Waals surface area contributed by atoms with E-state index in [0.717, 1.165) is 11.1 Å². The molecule has 0 heterocycles. The first-order valence-corrected chi connectivity index (χ1v) is 4.38. The van der Waals surface area contributed by atoms with Gasteiger partial charge in [-0.1, -0.05) is 18.2 Å². The molecule has 0 spiro atoms. The third-order valence-electron chi connectivity index (χ3n) is 2.20. The number of aliphatic hydroxyl groups excluding tert-OH is 1. The molecule has 4 heteroatoms. The van der Waals surface area contributed by atoms with Crippen LogP contribution in [-0.4, -0.2) is 16.6 Å². The Bertz CT molecular complexity index is 329. The Balaban J connectivity index is 2.99. The molecule has 0 fully saturated rings. The largest absolute Gasteiger partial charge is 0.381 e. The minimum atomic E-state index is -1.01. The van der Waals surface area contributed by atoms with Gasteiger partial charge >= 0.3 is 0 Å². The molecule has 1 aromatic carbocycles. The van der Waals surface area contributed by atoms with E-state index < -0.39 is 17.6 Å². The standard InChI is InChI=1S/C10H13NO3/c1-7-4-3-5-8(2)10(7)9(12)6-11(13)14/h3-5,9,12H,6H2,1-2H3. The lowest BCUT2D eigenvalue weighted by molar-refractivity contribution is -0.491. The zero-order valence-electron chi connectivity index (χ0n) is 8.23. The predicted molar refractivity (Wildman–Crippen MR) is 52.7 cm³/mol. The van der Waals surface area contributed by atoms with Gasteiger partial charge in [0.15, 0.2) is 0 Å². The molecule has 0 aliphatic rings.